The number of ether oxygens (including phenoxy) is 2. The molecule has 8 heteroatoms. The third-order valence-electron chi connectivity index (χ3n) is 3.08. The fraction of sp³-hybridized carbons (Fsp3) is 0.471. The van der Waals surface area contributed by atoms with Crippen LogP contribution in [-0.4, -0.2) is 24.5 Å². The van der Waals surface area contributed by atoms with Gasteiger partial charge in [0.2, 0.25) is 0 Å². The van der Waals surface area contributed by atoms with E-state index in [-0.39, 0.29) is 35.7 Å². The van der Waals surface area contributed by atoms with Crippen molar-refractivity contribution in [3.8, 4) is 11.5 Å². The van der Waals surface area contributed by atoms with Crippen molar-refractivity contribution in [2.75, 3.05) is 6.54 Å². The molecule has 0 atom stereocenters. The van der Waals surface area contributed by atoms with Crippen LogP contribution in [0.2, 0.25) is 0 Å². The van der Waals surface area contributed by atoms with Gasteiger partial charge in [-0.05, 0) is 24.1 Å². The maximum absolute atomic E-state index is 11.9. The quantitative estimate of drug-likeness (QED) is 0.564. The summed E-state index contributed by atoms with van der Waals surface area (Å²) in [5.41, 5.74) is 5.82. The number of nitrogens with two attached hydrogens (primary N) is 1. The summed E-state index contributed by atoms with van der Waals surface area (Å²) in [5, 5.41) is 2.48. The molecule has 7 nitrogen and oxygen atoms in total. The molecule has 2 amide bonds. The molecule has 0 saturated carbocycles. The van der Waals surface area contributed by atoms with Crippen molar-refractivity contribution in [3.05, 3.63) is 23.8 Å². The van der Waals surface area contributed by atoms with E-state index in [4.69, 9.17) is 15.2 Å². The molecular weight excluding hydrogens is 348 g/mol. The molecule has 0 aliphatic heterocycles. The lowest BCUT2D eigenvalue weighted by molar-refractivity contribution is -0.140. The molecular formula is C17H25ClN2O5. The van der Waals surface area contributed by atoms with Crippen LogP contribution >= 0.6 is 12.4 Å². The summed E-state index contributed by atoms with van der Waals surface area (Å²) in [5.74, 6) is -1.10. The van der Waals surface area contributed by atoms with Gasteiger partial charge in [-0.1, -0.05) is 33.8 Å². The summed E-state index contributed by atoms with van der Waals surface area (Å²) < 4.78 is 10.6. The zero-order valence-electron chi connectivity index (χ0n) is 14.8. The van der Waals surface area contributed by atoms with E-state index in [0.29, 0.717) is 13.0 Å². The summed E-state index contributed by atoms with van der Waals surface area (Å²) in [4.78, 5) is 34.4. The van der Waals surface area contributed by atoms with Gasteiger partial charge >= 0.3 is 18.0 Å². The minimum Gasteiger partial charge on any atom is -0.422 e. The smallest absolute Gasteiger partial charge is 0.313 e. The van der Waals surface area contributed by atoms with E-state index in [1.54, 1.807) is 45.9 Å². The monoisotopic (exact) mass is 372 g/mol. The van der Waals surface area contributed by atoms with Crippen LogP contribution < -0.4 is 20.5 Å². The maximum atomic E-state index is 11.9. The van der Waals surface area contributed by atoms with E-state index in [1.165, 1.54) is 0 Å². The molecule has 0 aliphatic rings. The summed E-state index contributed by atoms with van der Waals surface area (Å²) >= 11 is 0. The lowest BCUT2D eigenvalue weighted by Gasteiger charge is -2.14. The molecule has 25 heavy (non-hydrogen) atoms. The standard InChI is InChI=1S/C17H24N2O5.ClH/c1-10(2)15(20)23-13-6-5-12(7-8-19-17(18)22)9-14(13)24-16(21)11(3)4;/h5-6,9-11H,7-8H2,1-4H3,(H3,18,19,22);1H. The van der Waals surface area contributed by atoms with E-state index >= 15 is 0 Å². The van der Waals surface area contributed by atoms with Crippen LogP contribution in [0, 0.1) is 11.8 Å². The zero-order chi connectivity index (χ0) is 18.3. The van der Waals surface area contributed by atoms with Gasteiger partial charge in [0.1, 0.15) is 0 Å². The predicted molar refractivity (Wildman–Crippen MR) is 95.9 cm³/mol. The number of primary amides is 1. The molecule has 0 fully saturated rings. The van der Waals surface area contributed by atoms with Gasteiger partial charge in [0.05, 0.1) is 11.8 Å². The minimum absolute atomic E-state index is 0. The van der Waals surface area contributed by atoms with Crippen molar-refractivity contribution < 1.29 is 23.9 Å². The first-order chi connectivity index (χ1) is 11.2. The van der Waals surface area contributed by atoms with E-state index < -0.39 is 18.0 Å². The molecule has 1 aromatic rings. The average molecular weight is 373 g/mol. The van der Waals surface area contributed by atoms with Gasteiger partial charge in [-0.2, -0.15) is 0 Å². The van der Waals surface area contributed by atoms with Crippen molar-refractivity contribution in [1.29, 1.82) is 0 Å². The second-order valence-corrected chi connectivity index (χ2v) is 5.97. The van der Waals surface area contributed by atoms with E-state index in [2.05, 4.69) is 5.32 Å². The highest BCUT2D eigenvalue weighted by atomic mass is 35.5. The summed E-state index contributed by atoms with van der Waals surface area (Å²) in [6, 6.07) is 4.32. The van der Waals surface area contributed by atoms with Crippen molar-refractivity contribution in [2.45, 2.75) is 34.1 Å². The van der Waals surface area contributed by atoms with Crippen LogP contribution in [0.5, 0.6) is 11.5 Å². The summed E-state index contributed by atoms with van der Waals surface area (Å²) in [7, 11) is 0. The van der Waals surface area contributed by atoms with Gasteiger partial charge in [0.25, 0.3) is 0 Å². The van der Waals surface area contributed by atoms with E-state index in [9.17, 15) is 14.4 Å². The first-order valence-corrected chi connectivity index (χ1v) is 7.80. The molecule has 0 radical (unpaired) electrons. The van der Waals surface area contributed by atoms with E-state index in [0.717, 1.165) is 5.56 Å². The molecule has 0 unspecified atom stereocenters. The molecule has 140 valence electrons. The lowest BCUT2D eigenvalue weighted by atomic mass is 10.1. The number of hydrogen-bond acceptors (Lipinski definition) is 5. The van der Waals surface area contributed by atoms with Crippen LogP contribution in [0.25, 0.3) is 0 Å². The molecule has 0 spiro atoms. The summed E-state index contributed by atoms with van der Waals surface area (Å²) in [6.07, 6.45) is 0.494. The largest absolute Gasteiger partial charge is 0.422 e. The Morgan fingerprint density at radius 2 is 1.52 bits per heavy atom. The third-order valence-corrected chi connectivity index (χ3v) is 3.08. The van der Waals surface area contributed by atoms with Crippen molar-refractivity contribution in [2.24, 2.45) is 17.6 Å². The molecule has 1 aromatic carbocycles. The number of esters is 2. The minimum atomic E-state index is -0.607. The predicted octanol–water partition coefficient (Wildman–Crippen LogP) is 2.44. The number of nitrogens with one attached hydrogen (secondary N) is 1. The molecule has 0 aromatic heterocycles. The molecule has 0 saturated heterocycles. The van der Waals surface area contributed by atoms with Crippen LogP contribution in [0.15, 0.2) is 18.2 Å². The van der Waals surface area contributed by atoms with Crippen molar-refractivity contribution >= 4 is 30.4 Å². The highest BCUT2D eigenvalue weighted by Gasteiger charge is 2.18. The van der Waals surface area contributed by atoms with Gasteiger partial charge in [0.15, 0.2) is 11.5 Å². The molecule has 1 rings (SSSR count). The average Bonchev–Trinajstić information content (AvgIpc) is 2.48. The Kier molecular flexibility index (Phi) is 9.59. The number of rotatable bonds is 7. The third kappa shape index (κ3) is 7.89. The Bertz CT molecular complexity index is 617. The first-order valence-electron chi connectivity index (χ1n) is 7.80. The lowest BCUT2D eigenvalue weighted by Crippen LogP contribution is -2.30. The molecule has 0 heterocycles. The second-order valence-electron chi connectivity index (χ2n) is 5.97. The molecule has 0 aliphatic carbocycles. The fourth-order valence-corrected chi connectivity index (χ4v) is 1.65. The van der Waals surface area contributed by atoms with Crippen LogP contribution in [0.1, 0.15) is 33.3 Å². The number of amides is 2. The van der Waals surface area contributed by atoms with Crippen LogP contribution in [-0.2, 0) is 16.0 Å². The van der Waals surface area contributed by atoms with E-state index in [1.807, 2.05) is 0 Å². The SMILES string of the molecule is CC(C)C(=O)Oc1ccc(CCNC(N)=O)cc1OC(=O)C(C)C.Cl. The number of halogens is 1. The fourth-order valence-electron chi connectivity index (χ4n) is 1.65. The highest BCUT2D eigenvalue weighted by molar-refractivity contribution is 5.85. The number of urea groups is 1. The highest BCUT2D eigenvalue weighted by Crippen LogP contribution is 2.30. The Hall–Kier alpha value is -2.28. The summed E-state index contributed by atoms with van der Waals surface area (Å²) in [6.45, 7) is 7.20. The number of benzene rings is 1. The Balaban J connectivity index is 0.00000576. The Morgan fingerprint density at radius 3 is 2.00 bits per heavy atom. The Morgan fingerprint density at radius 1 is 1.00 bits per heavy atom. The van der Waals surface area contributed by atoms with Gasteiger partial charge in [-0.15, -0.1) is 12.4 Å². The van der Waals surface area contributed by atoms with Crippen LogP contribution in [0.3, 0.4) is 0 Å². The number of hydrogen-bond donors (Lipinski definition) is 2. The molecule has 0 bridgehead atoms. The van der Waals surface area contributed by atoms with Crippen molar-refractivity contribution in [3.63, 3.8) is 0 Å². The Labute approximate surface area is 153 Å². The van der Waals surface area contributed by atoms with Crippen LogP contribution in [0.4, 0.5) is 4.79 Å². The number of carbonyl (C=O) groups excluding carboxylic acids is 3. The van der Waals surface area contributed by atoms with Gasteiger partial charge in [0, 0.05) is 6.54 Å². The van der Waals surface area contributed by atoms with Gasteiger partial charge in [-0.25, -0.2) is 4.79 Å². The zero-order valence-corrected chi connectivity index (χ0v) is 15.6. The number of carbonyl (C=O) groups is 3. The van der Waals surface area contributed by atoms with Gasteiger partial charge < -0.3 is 20.5 Å². The van der Waals surface area contributed by atoms with Gasteiger partial charge in [-0.3, -0.25) is 9.59 Å². The topological polar surface area (TPSA) is 108 Å². The normalized spacial score (nSPS) is 10.2. The second kappa shape index (κ2) is 10.6. The van der Waals surface area contributed by atoms with Crippen molar-refractivity contribution in [1.82, 2.24) is 5.32 Å². The first kappa shape index (κ1) is 22.7. The maximum Gasteiger partial charge on any atom is 0.313 e. The molecule has 3 N–H and O–H groups in total.